The molecule has 8 heteroatoms. The zero-order valence-electron chi connectivity index (χ0n) is 11.9. The van der Waals surface area contributed by atoms with E-state index in [1.165, 1.54) is 19.3 Å². The fraction of sp³-hybridized carbons (Fsp3) is 0.692. The van der Waals surface area contributed by atoms with Crippen molar-refractivity contribution in [1.29, 1.82) is 0 Å². The molecule has 1 aromatic heterocycles. The summed E-state index contributed by atoms with van der Waals surface area (Å²) in [5.41, 5.74) is 0. The van der Waals surface area contributed by atoms with Crippen LogP contribution in [0.15, 0.2) is 6.33 Å². The Balaban J connectivity index is 1.79. The quantitative estimate of drug-likeness (QED) is 0.727. The molecule has 0 saturated heterocycles. The number of hydrogen-bond donors (Lipinski definition) is 3. The first kappa shape index (κ1) is 15.3. The number of aromatic nitrogens is 3. The molecule has 0 bridgehead atoms. The Morgan fingerprint density at radius 3 is 2.76 bits per heavy atom. The van der Waals surface area contributed by atoms with Crippen molar-refractivity contribution in [1.82, 2.24) is 25.4 Å². The fourth-order valence-electron chi connectivity index (χ4n) is 2.56. The maximum atomic E-state index is 11.5. The normalized spacial score (nSPS) is 15.6. The van der Waals surface area contributed by atoms with E-state index >= 15 is 0 Å². The molecule has 1 saturated carbocycles. The molecule has 2 rings (SSSR count). The second-order valence-electron chi connectivity index (χ2n) is 5.20. The van der Waals surface area contributed by atoms with Crippen LogP contribution < -0.4 is 10.6 Å². The van der Waals surface area contributed by atoms with Gasteiger partial charge in [0.25, 0.3) is 0 Å². The van der Waals surface area contributed by atoms with E-state index in [0.29, 0.717) is 6.04 Å². The Morgan fingerprint density at radius 2 is 2.05 bits per heavy atom. The van der Waals surface area contributed by atoms with E-state index in [2.05, 4.69) is 20.8 Å². The largest absolute Gasteiger partial charge is 0.481 e. The van der Waals surface area contributed by atoms with Crippen molar-refractivity contribution < 1.29 is 14.7 Å². The maximum Gasteiger partial charge on any atom is 0.315 e. The van der Waals surface area contributed by atoms with Crippen molar-refractivity contribution in [3.05, 3.63) is 12.2 Å². The van der Waals surface area contributed by atoms with E-state index < -0.39 is 12.0 Å². The minimum absolute atomic E-state index is 0.0916. The van der Waals surface area contributed by atoms with Gasteiger partial charge in [0.2, 0.25) is 0 Å². The standard InChI is InChI=1S/C13H21N5O3/c19-12(20)6-7-14-13(21)15-8-11-17-16-9-18(11)10-4-2-1-3-5-10/h9-10H,1-8H2,(H,19,20)(H2,14,15,21). The first-order valence-electron chi connectivity index (χ1n) is 7.28. The Labute approximate surface area is 122 Å². The van der Waals surface area contributed by atoms with Crippen LogP contribution >= 0.6 is 0 Å². The number of nitrogens with zero attached hydrogens (tertiary/aromatic N) is 3. The molecule has 0 unspecified atom stereocenters. The van der Waals surface area contributed by atoms with Gasteiger partial charge in [-0.3, -0.25) is 4.79 Å². The van der Waals surface area contributed by atoms with Crippen LogP contribution in [0.1, 0.15) is 50.4 Å². The summed E-state index contributed by atoms with van der Waals surface area (Å²) in [5.74, 6) is -0.206. The molecule has 21 heavy (non-hydrogen) atoms. The number of aliphatic carboxylic acids is 1. The van der Waals surface area contributed by atoms with Gasteiger partial charge in [-0.05, 0) is 12.8 Å². The van der Waals surface area contributed by atoms with Gasteiger partial charge in [-0.1, -0.05) is 19.3 Å². The third kappa shape index (κ3) is 4.73. The highest BCUT2D eigenvalue weighted by Gasteiger charge is 2.18. The van der Waals surface area contributed by atoms with Crippen LogP contribution in [0.25, 0.3) is 0 Å². The zero-order chi connectivity index (χ0) is 15.1. The van der Waals surface area contributed by atoms with Crippen molar-refractivity contribution in [3.63, 3.8) is 0 Å². The molecule has 0 radical (unpaired) electrons. The van der Waals surface area contributed by atoms with Gasteiger partial charge in [0.15, 0.2) is 5.82 Å². The van der Waals surface area contributed by atoms with Crippen LogP contribution in [0, 0.1) is 0 Å². The molecule has 0 aromatic carbocycles. The summed E-state index contributed by atoms with van der Waals surface area (Å²) in [6.45, 7) is 0.395. The van der Waals surface area contributed by atoms with Crippen LogP contribution in [0.3, 0.4) is 0 Å². The number of hydrogen-bond acceptors (Lipinski definition) is 4. The Morgan fingerprint density at radius 1 is 1.29 bits per heavy atom. The Kier molecular flexibility index (Phi) is 5.53. The van der Waals surface area contributed by atoms with E-state index in [0.717, 1.165) is 18.7 Å². The summed E-state index contributed by atoms with van der Waals surface area (Å²) in [5, 5.41) is 21.6. The number of carbonyl (C=O) groups excluding carboxylic acids is 1. The molecule has 1 aliphatic rings. The maximum absolute atomic E-state index is 11.5. The number of rotatable bonds is 6. The van der Waals surface area contributed by atoms with Gasteiger partial charge in [-0.15, -0.1) is 10.2 Å². The van der Waals surface area contributed by atoms with Crippen LogP contribution in [-0.4, -0.2) is 38.4 Å². The lowest BCUT2D eigenvalue weighted by Crippen LogP contribution is -2.37. The molecular formula is C13H21N5O3. The second-order valence-corrected chi connectivity index (χ2v) is 5.20. The number of carbonyl (C=O) groups is 2. The number of nitrogens with one attached hydrogen (secondary N) is 2. The predicted octanol–water partition coefficient (Wildman–Crippen LogP) is 1.06. The highest BCUT2D eigenvalue weighted by Crippen LogP contribution is 2.28. The van der Waals surface area contributed by atoms with Crippen molar-refractivity contribution >= 4 is 12.0 Å². The van der Waals surface area contributed by atoms with E-state index in [4.69, 9.17) is 5.11 Å². The van der Waals surface area contributed by atoms with Crippen molar-refractivity contribution in [2.75, 3.05) is 6.54 Å². The number of carboxylic acid groups (broad SMARTS) is 1. The minimum Gasteiger partial charge on any atom is -0.481 e. The Bertz CT molecular complexity index is 482. The van der Waals surface area contributed by atoms with E-state index in [1.807, 2.05) is 4.57 Å². The number of urea groups is 1. The van der Waals surface area contributed by atoms with Crippen LogP contribution in [-0.2, 0) is 11.3 Å². The topological polar surface area (TPSA) is 109 Å². The molecular weight excluding hydrogens is 274 g/mol. The van der Waals surface area contributed by atoms with E-state index in [-0.39, 0.29) is 19.5 Å². The molecule has 8 nitrogen and oxygen atoms in total. The summed E-state index contributed by atoms with van der Waals surface area (Å²) in [4.78, 5) is 21.9. The van der Waals surface area contributed by atoms with Crippen molar-refractivity contribution in [2.45, 2.75) is 51.1 Å². The molecule has 1 fully saturated rings. The lowest BCUT2D eigenvalue weighted by atomic mass is 9.95. The zero-order valence-corrected chi connectivity index (χ0v) is 11.9. The molecule has 1 heterocycles. The number of carboxylic acids is 1. The van der Waals surface area contributed by atoms with E-state index in [9.17, 15) is 9.59 Å². The third-order valence-corrected chi connectivity index (χ3v) is 3.65. The third-order valence-electron chi connectivity index (χ3n) is 3.65. The second kappa shape index (κ2) is 7.61. The van der Waals surface area contributed by atoms with Crippen LogP contribution in [0.4, 0.5) is 4.79 Å². The first-order valence-corrected chi connectivity index (χ1v) is 7.28. The van der Waals surface area contributed by atoms with Gasteiger partial charge in [-0.25, -0.2) is 4.79 Å². The minimum atomic E-state index is -0.938. The van der Waals surface area contributed by atoms with Crippen LogP contribution in [0.5, 0.6) is 0 Å². The number of amides is 2. The average molecular weight is 295 g/mol. The summed E-state index contributed by atoms with van der Waals surface area (Å²) in [7, 11) is 0. The van der Waals surface area contributed by atoms with Gasteiger partial charge in [0, 0.05) is 12.6 Å². The fourth-order valence-corrected chi connectivity index (χ4v) is 2.56. The SMILES string of the molecule is O=C(O)CCNC(=O)NCc1nncn1C1CCCCC1. The van der Waals surface area contributed by atoms with Gasteiger partial charge in [0.05, 0.1) is 13.0 Å². The molecule has 0 spiro atoms. The highest BCUT2D eigenvalue weighted by molar-refractivity contribution is 5.74. The van der Waals surface area contributed by atoms with Gasteiger partial charge in [-0.2, -0.15) is 0 Å². The predicted molar refractivity (Wildman–Crippen MR) is 74.6 cm³/mol. The summed E-state index contributed by atoms with van der Waals surface area (Å²) in [6, 6.07) is 0.0232. The van der Waals surface area contributed by atoms with Gasteiger partial charge in [0.1, 0.15) is 6.33 Å². The van der Waals surface area contributed by atoms with Gasteiger partial charge < -0.3 is 20.3 Å². The Hall–Kier alpha value is -2.12. The summed E-state index contributed by atoms with van der Waals surface area (Å²) in [6.07, 6.45) is 7.57. The molecule has 2 amide bonds. The monoisotopic (exact) mass is 295 g/mol. The van der Waals surface area contributed by atoms with Crippen molar-refractivity contribution in [2.24, 2.45) is 0 Å². The lowest BCUT2D eigenvalue weighted by molar-refractivity contribution is -0.136. The van der Waals surface area contributed by atoms with Crippen LogP contribution in [0.2, 0.25) is 0 Å². The molecule has 1 aliphatic carbocycles. The molecule has 0 atom stereocenters. The van der Waals surface area contributed by atoms with Crippen molar-refractivity contribution in [3.8, 4) is 0 Å². The lowest BCUT2D eigenvalue weighted by Gasteiger charge is -2.24. The summed E-state index contributed by atoms with van der Waals surface area (Å²) < 4.78 is 2.04. The molecule has 116 valence electrons. The molecule has 0 aliphatic heterocycles. The van der Waals surface area contributed by atoms with E-state index in [1.54, 1.807) is 6.33 Å². The molecule has 1 aromatic rings. The smallest absolute Gasteiger partial charge is 0.315 e. The van der Waals surface area contributed by atoms with Gasteiger partial charge >= 0.3 is 12.0 Å². The first-order chi connectivity index (χ1) is 10.2. The summed E-state index contributed by atoms with van der Waals surface area (Å²) >= 11 is 0. The average Bonchev–Trinajstić information content (AvgIpc) is 2.94. The highest BCUT2D eigenvalue weighted by atomic mass is 16.4. The molecule has 3 N–H and O–H groups in total.